The van der Waals surface area contributed by atoms with Crippen molar-refractivity contribution >= 4 is 17.3 Å². The molecule has 0 amide bonds. The van der Waals surface area contributed by atoms with Crippen LogP contribution < -0.4 is 11.1 Å². The van der Waals surface area contributed by atoms with Gasteiger partial charge in [0.15, 0.2) is 0 Å². The van der Waals surface area contributed by atoms with Crippen molar-refractivity contribution < 1.29 is 14.6 Å². The summed E-state index contributed by atoms with van der Waals surface area (Å²) in [7, 11) is 0. The van der Waals surface area contributed by atoms with Crippen LogP contribution in [0.2, 0.25) is 0 Å². The van der Waals surface area contributed by atoms with Gasteiger partial charge in [-0.3, -0.25) is 0 Å². The number of nitrogen functional groups attached to an aromatic ring is 1. The first-order chi connectivity index (χ1) is 9.00. The molecular formula is C14H20N2O3. The van der Waals surface area contributed by atoms with Gasteiger partial charge >= 0.3 is 5.97 Å². The van der Waals surface area contributed by atoms with Crippen molar-refractivity contribution in [3.05, 3.63) is 23.8 Å². The van der Waals surface area contributed by atoms with Crippen LogP contribution in [-0.2, 0) is 4.74 Å². The number of ether oxygens (including phenoxy) is 1. The number of nitrogens with two attached hydrogens (primary N) is 1. The predicted molar refractivity (Wildman–Crippen MR) is 74.5 cm³/mol. The Bertz CT molecular complexity index is 468. The molecule has 104 valence electrons. The Kier molecular flexibility index (Phi) is 3.95. The van der Waals surface area contributed by atoms with Crippen LogP contribution in [0.15, 0.2) is 18.2 Å². The van der Waals surface area contributed by atoms with Crippen LogP contribution in [0, 0.1) is 5.41 Å². The average Bonchev–Trinajstić information content (AvgIpc) is 2.37. The molecule has 0 saturated carbocycles. The molecule has 0 unspecified atom stereocenters. The molecule has 4 N–H and O–H groups in total. The Morgan fingerprint density at radius 1 is 1.47 bits per heavy atom. The van der Waals surface area contributed by atoms with Crippen molar-refractivity contribution in [2.24, 2.45) is 5.41 Å². The molecule has 1 aliphatic rings. The van der Waals surface area contributed by atoms with Crippen molar-refractivity contribution in [1.82, 2.24) is 0 Å². The van der Waals surface area contributed by atoms with E-state index in [-0.39, 0.29) is 16.7 Å². The number of nitrogens with one attached hydrogen (secondary N) is 1. The molecular weight excluding hydrogens is 244 g/mol. The molecule has 0 aromatic heterocycles. The average molecular weight is 264 g/mol. The van der Waals surface area contributed by atoms with Crippen molar-refractivity contribution in [2.45, 2.75) is 19.8 Å². The number of aromatic carboxylic acids is 1. The highest BCUT2D eigenvalue weighted by Crippen LogP contribution is 2.30. The number of carboxylic acid groups (broad SMARTS) is 1. The molecule has 19 heavy (non-hydrogen) atoms. The van der Waals surface area contributed by atoms with Gasteiger partial charge in [0.25, 0.3) is 0 Å². The molecule has 1 aromatic carbocycles. The van der Waals surface area contributed by atoms with Gasteiger partial charge in [0.05, 0.1) is 5.56 Å². The number of rotatable bonds is 4. The van der Waals surface area contributed by atoms with Crippen LogP contribution in [0.1, 0.15) is 30.1 Å². The molecule has 1 aliphatic heterocycles. The molecule has 5 heteroatoms. The number of hydrogen-bond acceptors (Lipinski definition) is 4. The third-order valence-electron chi connectivity index (χ3n) is 3.70. The van der Waals surface area contributed by atoms with Crippen LogP contribution in [-0.4, -0.2) is 30.8 Å². The lowest BCUT2D eigenvalue weighted by Gasteiger charge is -2.34. The molecule has 1 aromatic rings. The van der Waals surface area contributed by atoms with E-state index in [0.717, 1.165) is 38.3 Å². The zero-order chi connectivity index (χ0) is 13.9. The molecule has 0 bridgehead atoms. The molecule has 1 heterocycles. The molecule has 2 rings (SSSR count). The van der Waals surface area contributed by atoms with Gasteiger partial charge in [-0.15, -0.1) is 0 Å². The monoisotopic (exact) mass is 264 g/mol. The summed E-state index contributed by atoms with van der Waals surface area (Å²) in [6.45, 7) is 4.68. The quantitative estimate of drug-likeness (QED) is 0.726. The van der Waals surface area contributed by atoms with E-state index in [1.807, 2.05) is 0 Å². The Morgan fingerprint density at radius 2 is 2.16 bits per heavy atom. The Balaban J connectivity index is 2.00. The highest BCUT2D eigenvalue weighted by molar-refractivity contribution is 5.94. The van der Waals surface area contributed by atoms with Gasteiger partial charge in [-0.2, -0.15) is 0 Å². The number of anilines is 2. The second kappa shape index (κ2) is 5.48. The van der Waals surface area contributed by atoms with Crippen molar-refractivity contribution in [3.63, 3.8) is 0 Å². The molecule has 0 radical (unpaired) electrons. The van der Waals surface area contributed by atoms with Gasteiger partial charge in [-0.05, 0) is 36.5 Å². The maximum atomic E-state index is 10.9. The first-order valence-electron chi connectivity index (χ1n) is 6.45. The lowest BCUT2D eigenvalue weighted by molar-refractivity contribution is 0.0300. The van der Waals surface area contributed by atoms with E-state index >= 15 is 0 Å². The zero-order valence-corrected chi connectivity index (χ0v) is 11.1. The van der Waals surface area contributed by atoms with E-state index in [2.05, 4.69) is 12.2 Å². The van der Waals surface area contributed by atoms with E-state index in [4.69, 9.17) is 15.6 Å². The Hall–Kier alpha value is -1.75. The van der Waals surface area contributed by atoms with E-state index in [1.165, 1.54) is 6.07 Å². The summed E-state index contributed by atoms with van der Waals surface area (Å²) in [6.07, 6.45) is 2.06. The third kappa shape index (κ3) is 3.38. The van der Waals surface area contributed by atoms with E-state index in [9.17, 15) is 4.79 Å². The summed E-state index contributed by atoms with van der Waals surface area (Å²) in [6, 6.07) is 4.96. The van der Waals surface area contributed by atoms with Crippen LogP contribution >= 0.6 is 0 Å². The van der Waals surface area contributed by atoms with Crippen LogP contribution in [0.5, 0.6) is 0 Å². The van der Waals surface area contributed by atoms with Crippen molar-refractivity contribution in [2.75, 3.05) is 30.8 Å². The number of carbonyl (C=O) groups is 1. The normalized spacial score (nSPS) is 17.9. The molecule has 5 nitrogen and oxygen atoms in total. The highest BCUT2D eigenvalue weighted by Gasteiger charge is 2.27. The van der Waals surface area contributed by atoms with Crippen LogP contribution in [0.25, 0.3) is 0 Å². The van der Waals surface area contributed by atoms with E-state index < -0.39 is 5.97 Å². The molecule has 0 spiro atoms. The third-order valence-corrected chi connectivity index (χ3v) is 3.70. The first kappa shape index (κ1) is 13.7. The fourth-order valence-corrected chi connectivity index (χ4v) is 2.22. The summed E-state index contributed by atoms with van der Waals surface area (Å²) in [5.74, 6) is -1.000. The molecule has 0 aliphatic carbocycles. The topological polar surface area (TPSA) is 84.6 Å². The lowest BCUT2D eigenvalue weighted by Crippen LogP contribution is -2.33. The highest BCUT2D eigenvalue weighted by atomic mass is 16.5. The number of benzene rings is 1. The summed E-state index contributed by atoms with van der Waals surface area (Å²) >= 11 is 0. The van der Waals surface area contributed by atoms with Gasteiger partial charge in [-0.25, -0.2) is 4.79 Å². The van der Waals surface area contributed by atoms with Crippen molar-refractivity contribution in [1.29, 1.82) is 0 Å². The number of hydrogen-bond donors (Lipinski definition) is 3. The smallest absolute Gasteiger partial charge is 0.337 e. The fourth-order valence-electron chi connectivity index (χ4n) is 2.22. The van der Waals surface area contributed by atoms with Gasteiger partial charge in [0.2, 0.25) is 0 Å². The largest absolute Gasteiger partial charge is 0.478 e. The van der Waals surface area contributed by atoms with E-state index in [0.29, 0.717) is 0 Å². The van der Waals surface area contributed by atoms with Gasteiger partial charge < -0.3 is 20.9 Å². The van der Waals surface area contributed by atoms with Crippen LogP contribution in [0.3, 0.4) is 0 Å². The van der Waals surface area contributed by atoms with Gasteiger partial charge in [0.1, 0.15) is 0 Å². The zero-order valence-electron chi connectivity index (χ0n) is 11.1. The second-order valence-electron chi connectivity index (χ2n) is 5.38. The lowest BCUT2D eigenvalue weighted by atomic mass is 9.82. The minimum absolute atomic E-state index is 0.142. The molecule has 1 saturated heterocycles. The van der Waals surface area contributed by atoms with Gasteiger partial charge in [-0.1, -0.05) is 6.92 Å². The molecule has 0 atom stereocenters. The Labute approximate surface area is 112 Å². The summed E-state index contributed by atoms with van der Waals surface area (Å²) in [5, 5.41) is 12.3. The standard InChI is InChI=1S/C14H20N2O3/c1-14(4-6-19-7-5-14)9-16-10-2-3-11(13(17)18)12(15)8-10/h2-3,8,16H,4-7,9,15H2,1H3,(H,17,18). The van der Waals surface area contributed by atoms with E-state index in [1.54, 1.807) is 12.1 Å². The Morgan fingerprint density at radius 3 is 2.74 bits per heavy atom. The minimum atomic E-state index is -1.000. The van der Waals surface area contributed by atoms with Crippen molar-refractivity contribution in [3.8, 4) is 0 Å². The fraction of sp³-hybridized carbons (Fsp3) is 0.500. The maximum absolute atomic E-state index is 10.9. The van der Waals surface area contributed by atoms with Crippen LogP contribution in [0.4, 0.5) is 11.4 Å². The molecule has 1 fully saturated rings. The van der Waals surface area contributed by atoms with Gasteiger partial charge in [0, 0.05) is 31.1 Å². The summed E-state index contributed by atoms with van der Waals surface area (Å²) in [5.41, 5.74) is 7.23. The predicted octanol–water partition coefficient (Wildman–Crippen LogP) is 2.20. The second-order valence-corrected chi connectivity index (χ2v) is 5.38. The first-order valence-corrected chi connectivity index (χ1v) is 6.45. The maximum Gasteiger partial charge on any atom is 0.337 e. The summed E-state index contributed by atoms with van der Waals surface area (Å²) in [4.78, 5) is 10.9. The minimum Gasteiger partial charge on any atom is -0.478 e. The number of carboxylic acids is 1. The SMILES string of the molecule is CC1(CNc2ccc(C(=O)O)c(N)c2)CCOCC1. The summed E-state index contributed by atoms with van der Waals surface area (Å²) < 4.78 is 5.37.